The lowest BCUT2D eigenvalue weighted by atomic mass is 10.1. The highest BCUT2D eigenvalue weighted by molar-refractivity contribution is 7.11. The Bertz CT molecular complexity index is 851. The van der Waals surface area contributed by atoms with Gasteiger partial charge < -0.3 is 15.0 Å². The third kappa shape index (κ3) is 4.73. The summed E-state index contributed by atoms with van der Waals surface area (Å²) in [6, 6.07) is 11.5. The van der Waals surface area contributed by atoms with Crippen LogP contribution in [0.2, 0.25) is 0 Å². The zero-order valence-electron chi connectivity index (χ0n) is 16.1. The number of nitrogens with zero attached hydrogens (tertiary/aromatic N) is 1. The number of aryl methyl sites for hydroxylation is 1. The molecule has 148 valence electrons. The van der Waals surface area contributed by atoms with E-state index in [9.17, 15) is 9.59 Å². The van der Waals surface area contributed by atoms with E-state index in [0.717, 1.165) is 43.6 Å². The van der Waals surface area contributed by atoms with Gasteiger partial charge in [-0.1, -0.05) is 6.07 Å². The van der Waals surface area contributed by atoms with Crippen molar-refractivity contribution in [3.63, 3.8) is 0 Å². The Morgan fingerprint density at radius 1 is 1.14 bits per heavy atom. The third-order valence-corrected chi connectivity index (χ3v) is 6.30. The quantitative estimate of drug-likeness (QED) is 0.806. The standard InChI is InChI=1S/C22H26N2O3S/c1-15-5-8-20(28-15)14-23-21(25)17-3-2-4-19(13-17)27-18-9-11-24(12-10-18)22(26)16-6-7-16/h2-5,8,13,16,18H,6-7,9-12,14H2,1H3,(H,23,25). The molecule has 0 atom stereocenters. The maximum atomic E-state index is 12.5. The van der Waals surface area contributed by atoms with Gasteiger partial charge in [-0.2, -0.15) is 0 Å². The number of benzene rings is 1. The molecule has 28 heavy (non-hydrogen) atoms. The maximum absolute atomic E-state index is 12.5. The summed E-state index contributed by atoms with van der Waals surface area (Å²) in [4.78, 5) is 29.0. The molecule has 0 radical (unpaired) electrons. The predicted octanol–water partition coefficient (Wildman–Crippen LogP) is 3.77. The molecule has 1 aliphatic heterocycles. The number of ether oxygens (including phenoxy) is 1. The van der Waals surface area contributed by atoms with Crippen molar-refractivity contribution in [2.75, 3.05) is 13.1 Å². The summed E-state index contributed by atoms with van der Waals surface area (Å²) in [5.41, 5.74) is 0.604. The number of rotatable bonds is 6. The van der Waals surface area contributed by atoms with Crippen LogP contribution < -0.4 is 10.1 Å². The van der Waals surface area contributed by atoms with Crippen LogP contribution in [0.5, 0.6) is 5.75 Å². The smallest absolute Gasteiger partial charge is 0.251 e. The zero-order chi connectivity index (χ0) is 19.5. The molecule has 4 rings (SSSR count). The van der Waals surface area contributed by atoms with Gasteiger partial charge in [-0.25, -0.2) is 0 Å². The van der Waals surface area contributed by atoms with Crippen LogP contribution in [-0.4, -0.2) is 35.9 Å². The van der Waals surface area contributed by atoms with E-state index in [1.54, 1.807) is 23.5 Å². The monoisotopic (exact) mass is 398 g/mol. The Balaban J connectivity index is 1.28. The fourth-order valence-electron chi connectivity index (χ4n) is 3.54. The zero-order valence-corrected chi connectivity index (χ0v) is 17.0. The molecular formula is C22H26N2O3S. The van der Waals surface area contributed by atoms with Gasteiger partial charge in [-0.3, -0.25) is 9.59 Å². The minimum Gasteiger partial charge on any atom is -0.490 e. The van der Waals surface area contributed by atoms with Gasteiger partial charge in [-0.05, 0) is 50.1 Å². The number of hydrogen-bond acceptors (Lipinski definition) is 4. The van der Waals surface area contributed by atoms with E-state index < -0.39 is 0 Å². The number of thiophene rings is 1. The Morgan fingerprint density at radius 2 is 1.93 bits per heavy atom. The first-order valence-electron chi connectivity index (χ1n) is 9.97. The van der Waals surface area contributed by atoms with E-state index in [1.165, 1.54) is 4.88 Å². The van der Waals surface area contributed by atoms with E-state index in [4.69, 9.17) is 4.74 Å². The summed E-state index contributed by atoms with van der Waals surface area (Å²) >= 11 is 1.69. The second kappa shape index (κ2) is 8.35. The third-order valence-electron chi connectivity index (χ3n) is 5.30. The second-order valence-electron chi connectivity index (χ2n) is 7.64. The van der Waals surface area contributed by atoms with E-state index in [0.29, 0.717) is 23.8 Å². The molecule has 2 aromatic rings. The molecule has 1 N–H and O–H groups in total. The highest BCUT2D eigenvalue weighted by Crippen LogP contribution is 2.32. The second-order valence-corrected chi connectivity index (χ2v) is 9.01. The maximum Gasteiger partial charge on any atom is 0.251 e. The van der Waals surface area contributed by atoms with Crippen molar-refractivity contribution in [2.24, 2.45) is 5.92 Å². The normalized spacial score (nSPS) is 17.4. The average molecular weight is 399 g/mol. The van der Waals surface area contributed by atoms with Gasteiger partial charge in [0.2, 0.25) is 5.91 Å². The van der Waals surface area contributed by atoms with Crippen molar-refractivity contribution >= 4 is 23.2 Å². The number of amides is 2. The van der Waals surface area contributed by atoms with Crippen LogP contribution >= 0.6 is 11.3 Å². The van der Waals surface area contributed by atoms with Crippen LogP contribution in [-0.2, 0) is 11.3 Å². The average Bonchev–Trinajstić information content (AvgIpc) is 3.48. The summed E-state index contributed by atoms with van der Waals surface area (Å²) in [7, 11) is 0. The van der Waals surface area contributed by atoms with Crippen LogP contribution in [0, 0.1) is 12.8 Å². The summed E-state index contributed by atoms with van der Waals surface area (Å²) in [6.07, 6.45) is 3.88. The Hall–Kier alpha value is -2.34. The number of carbonyl (C=O) groups excluding carboxylic acids is 2. The van der Waals surface area contributed by atoms with E-state index >= 15 is 0 Å². The van der Waals surface area contributed by atoms with Crippen LogP contribution in [0.25, 0.3) is 0 Å². The summed E-state index contributed by atoms with van der Waals surface area (Å²) in [5.74, 6) is 1.22. The molecule has 6 heteroatoms. The SMILES string of the molecule is Cc1ccc(CNC(=O)c2cccc(OC3CCN(C(=O)C4CC4)CC3)c2)s1. The summed E-state index contributed by atoms with van der Waals surface area (Å²) in [6.45, 7) is 4.12. The van der Waals surface area contributed by atoms with Gasteiger partial charge >= 0.3 is 0 Å². The first kappa shape index (κ1) is 19.0. The van der Waals surface area contributed by atoms with Crippen molar-refractivity contribution in [1.82, 2.24) is 10.2 Å². The summed E-state index contributed by atoms with van der Waals surface area (Å²) < 4.78 is 6.10. The molecule has 2 heterocycles. The van der Waals surface area contributed by atoms with Crippen molar-refractivity contribution in [1.29, 1.82) is 0 Å². The number of nitrogens with one attached hydrogen (secondary N) is 1. The molecule has 1 aliphatic carbocycles. The van der Waals surface area contributed by atoms with E-state index in [2.05, 4.69) is 18.3 Å². The lowest BCUT2D eigenvalue weighted by molar-refractivity contribution is -0.134. The molecule has 2 amide bonds. The molecular weight excluding hydrogens is 372 g/mol. The molecule has 1 saturated heterocycles. The van der Waals surface area contributed by atoms with Gasteiger partial charge in [0.1, 0.15) is 11.9 Å². The Morgan fingerprint density at radius 3 is 2.61 bits per heavy atom. The largest absolute Gasteiger partial charge is 0.490 e. The van der Waals surface area contributed by atoms with Crippen LogP contribution in [0.4, 0.5) is 0 Å². The van der Waals surface area contributed by atoms with E-state index in [-0.39, 0.29) is 17.9 Å². The minimum atomic E-state index is -0.0960. The van der Waals surface area contributed by atoms with Gasteiger partial charge in [-0.15, -0.1) is 11.3 Å². The van der Waals surface area contributed by atoms with Crippen LogP contribution in [0.1, 0.15) is 45.8 Å². The van der Waals surface area contributed by atoms with Crippen molar-refractivity contribution < 1.29 is 14.3 Å². The van der Waals surface area contributed by atoms with Crippen molar-refractivity contribution in [2.45, 2.75) is 45.3 Å². The summed E-state index contributed by atoms with van der Waals surface area (Å²) in [5, 5.41) is 2.97. The van der Waals surface area contributed by atoms with Crippen molar-refractivity contribution in [3.05, 3.63) is 51.7 Å². The number of likely N-dealkylation sites (tertiary alicyclic amines) is 1. The van der Waals surface area contributed by atoms with Gasteiger partial charge in [0.25, 0.3) is 5.91 Å². The van der Waals surface area contributed by atoms with Crippen LogP contribution in [0.15, 0.2) is 36.4 Å². The fraction of sp³-hybridized carbons (Fsp3) is 0.455. The number of carbonyl (C=O) groups is 2. The van der Waals surface area contributed by atoms with Crippen LogP contribution in [0.3, 0.4) is 0 Å². The lowest BCUT2D eigenvalue weighted by Crippen LogP contribution is -2.42. The highest BCUT2D eigenvalue weighted by atomic mass is 32.1. The highest BCUT2D eigenvalue weighted by Gasteiger charge is 2.35. The lowest BCUT2D eigenvalue weighted by Gasteiger charge is -2.32. The molecule has 5 nitrogen and oxygen atoms in total. The first-order valence-corrected chi connectivity index (χ1v) is 10.8. The molecule has 1 aromatic carbocycles. The fourth-order valence-corrected chi connectivity index (χ4v) is 4.37. The Labute approximate surface area is 169 Å². The topological polar surface area (TPSA) is 58.6 Å². The number of hydrogen-bond donors (Lipinski definition) is 1. The minimum absolute atomic E-state index is 0.0932. The molecule has 1 aromatic heterocycles. The van der Waals surface area contributed by atoms with E-state index in [1.807, 2.05) is 23.1 Å². The van der Waals surface area contributed by atoms with Gasteiger partial charge in [0, 0.05) is 47.2 Å². The van der Waals surface area contributed by atoms with Crippen molar-refractivity contribution in [3.8, 4) is 5.75 Å². The molecule has 2 fully saturated rings. The first-order chi connectivity index (χ1) is 13.6. The molecule has 0 spiro atoms. The molecule has 2 aliphatic rings. The number of piperidine rings is 1. The van der Waals surface area contributed by atoms with Gasteiger partial charge in [0.05, 0.1) is 6.54 Å². The molecule has 0 unspecified atom stereocenters. The predicted molar refractivity (Wildman–Crippen MR) is 110 cm³/mol. The molecule has 0 bridgehead atoms. The molecule has 1 saturated carbocycles. The van der Waals surface area contributed by atoms with Gasteiger partial charge in [0.15, 0.2) is 0 Å². The Kier molecular flexibility index (Phi) is 5.67.